The van der Waals surface area contributed by atoms with E-state index in [9.17, 15) is 4.79 Å². The fourth-order valence-corrected chi connectivity index (χ4v) is 2.64. The Morgan fingerprint density at radius 2 is 2.24 bits per heavy atom. The molecule has 0 unspecified atom stereocenters. The second-order valence-corrected chi connectivity index (χ2v) is 6.39. The lowest BCUT2D eigenvalue weighted by Crippen LogP contribution is -2.28. The van der Waals surface area contributed by atoms with Gasteiger partial charge in [-0.25, -0.2) is 4.98 Å². The predicted octanol–water partition coefficient (Wildman–Crippen LogP) is 3.61. The first-order valence-corrected chi connectivity index (χ1v) is 8.42. The van der Waals surface area contributed by atoms with Crippen LogP contribution in [-0.4, -0.2) is 23.6 Å². The lowest BCUT2D eigenvalue weighted by Gasteiger charge is -2.18. The zero-order chi connectivity index (χ0) is 17.8. The van der Waals surface area contributed by atoms with E-state index in [-0.39, 0.29) is 18.6 Å². The monoisotopic (exact) mass is 358 g/mol. The van der Waals surface area contributed by atoms with Crippen LogP contribution in [0.15, 0.2) is 42.1 Å². The maximum atomic E-state index is 12.4. The van der Waals surface area contributed by atoms with E-state index in [1.165, 1.54) is 0 Å². The Hall–Kier alpha value is -2.53. The molecule has 0 bridgehead atoms. The molecule has 130 valence electrons. The van der Waals surface area contributed by atoms with Crippen molar-refractivity contribution in [1.82, 2.24) is 10.3 Å². The minimum absolute atomic E-state index is 0.0139. The van der Waals surface area contributed by atoms with Crippen molar-refractivity contribution in [1.29, 1.82) is 0 Å². The number of ether oxygens (including phenoxy) is 2. The minimum Gasteiger partial charge on any atom is -0.488 e. The van der Waals surface area contributed by atoms with Crippen LogP contribution >= 0.6 is 11.6 Å². The molecule has 2 aromatic rings. The number of fused-ring (bicyclic) bond motifs is 1. The Balaban J connectivity index is 1.70. The molecule has 1 aromatic carbocycles. The molecule has 1 aliphatic rings. The second-order valence-electron chi connectivity index (χ2n) is 5.96. The van der Waals surface area contributed by atoms with E-state index in [0.29, 0.717) is 23.0 Å². The number of hydrogen-bond acceptors (Lipinski definition) is 4. The van der Waals surface area contributed by atoms with Gasteiger partial charge in [0.1, 0.15) is 12.4 Å². The van der Waals surface area contributed by atoms with E-state index in [1.54, 1.807) is 30.5 Å². The molecule has 5 nitrogen and oxygen atoms in total. The van der Waals surface area contributed by atoms with E-state index in [4.69, 9.17) is 21.1 Å². The van der Waals surface area contributed by atoms with Crippen molar-refractivity contribution in [3.05, 3.63) is 58.3 Å². The number of halogens is 1. The summed E-state index contributed by atoms with van der Waals surface area (Å²) in [7, 11) is 0. The van der Waals surface area contributed by atoms with E-state index < -0.39 is 0 Å². The Morgan fingerprint density at radius 3 is 3.04 bits per heavy atom. The minimum atomic E-state index is -0.190. The lowest BCUT2D eigenvalue weighted by atomic mass is 10.1. The summed E-state index contributed by atoms with van der Waals surface area (Å²) in [6.45, 7) is 4.42. The van der Waals surface area contributed by atoms with Crippen LogP contribution in [0.1, 0.15) is 25.0 Å². The number of hydrogen-bond donors (Lipinski definition) is 1. The largest absolute Gasteiger partial charge is 0.488 e. The number of carbonyl (C=O) groups excluding carboxylic acids is 1. The summed E-state index contributed by atoms with van der Waals surface area (Å²) in [5.41, 5.74) is 2.17. The molecule has 1 N–H and O–H groups in total. The van der Waals surface area contributed by atoms with Crippen LogP contribution in [0.3, 0.4) is 0 Å². The van der Waals surface area contributed by atoms with Crippen molar-refractivity contribution in [3.8, 4) is 11.6 Å². The van der Waals surface area contributed by atoms with Crippen molar-refractivity contribution in [3.63, 3.8) is 0 Å². The molecule has 0 fully saturated rings. The highest BCUT2D eigenvalue weighted by Gasteiger charge is 2.18. The van der Waals surface area contributed by atoms with Crippen LogP contribution in [0.4, 0.5) is 0 Å². The van der Waals surface area contributed by atoms with Gasteiger partial charge in [-0.05, 0) is 44.2 Å². The summed E-state index contributed by atoms with van der Waals surface area (Å²) in [6.07, 6.45) is 3.48. The smallest absolute Gasteiger partial charge is 0.250 e. The number of carbonyl (C=O) groups is 1. The molecule has 1 aliphatic heterocycles. The number of benzene rings is 1. The maximum absolute atomic E-state index is 12.4. The summed E-state index contributed by atoms with van der Waals surface area (Å²) < 4.78 is 11.3. The van der Waals surface area contributed by atoms with Gasteiger partial charge in [0.2, 0.25) is 5.88 Å². The van der Waals surface area contributed by atoms with Gasteiger partial charge in [0, 0.05) is 28.9 Å². The summed E-state index contributed by atoms with van der Waals surface area (Å²) in [6, 6.07) is 9.03. The molecule has 3 rings (SSSR count). The number of pyridine rings is 1. The highest BCUT2D eigenvalue weighted by atomic mass is 35.5. The molecular formula is C19H19ClN2O3. The third-order valence-electron chi connectivity index (χ3n) is 3.61. The van der Waals surface area contributed by atoms with Crippen LogP contribution in [0.5, 0.6) is 11.6 Å². The SMILES string of the molecule is CC(C)Oc1ncccc1CNC(=O)C1=Cc2cc(Cl)ccc2OC1. The van der Waals surface area contributed by atoms with Crippen LogP contribution in [-0.2, 0) is 11.3 Å². The normalized spacial score (nSPS) is 12.9. The molecule has 0 radical (unpaired) electrons. The van der Waals surface area contributed by atoms with Gasteiger partial charge in [-0.1, -0.05) is 17.7 Å². The van der Waals surface area contributed by atoms with E-state index >= 15 is 0 Å². The fourth-order valence-electron chi connectivity index (χ4n) is 2.46. The number of rotatable bonds is 5. The Morgan fingerprint density at radius 1 is 1.40 bits per heavy atom. The van der Waals surface area contributed by atoms with Gasteiger partial charge in [0.15, 0.2) is 0 Å². The fraction of sp³-hybridized carbons (Fsp3) is 0.263. The van der Waals surface area contributed by atoms with Gasteiger partial charge in [0.05, 0.1) is 11.7 Å². The second kappa shape index (κ2) is 7.57. The van der Waals surface area contributed by atoms with Crippen molar-refractivity contribution in [2.75, 3.05) is 6.61 Å². The first-order chi connectivity index (χ1) is 12.0. The lowest BCUT2D eigenvalue weighted by molar-refractivity contribution is -0.117. The third kappa shape index (κ3) is 4.31. The summed E-state index contributed by atoms with van der Waals surface area (Å²) in [5, 5.41) is 3.49. The van der Waals surface area contributed by atoms with Crippen molar-refractivity contribution < 1.29 is 14.3 Å². The van der Waals surface area contributed by atoms with Crippen molar-refractivity contribution in [2.24, 2.45) is 0 Å². The number of amides is 1. The van der Waals surface area contributed by atoms with Gasteiger partial charge in [-0.2, -0.15) is 0 Å². The average Bonchev–Trinajstić information content (AvgIpc) is 2.59. The number of nitrogens with zero attached hydrogens (tertiary/aromatic N) is 1. The molecule has 25 heavy (non-hydrogen) atoms. The first-order valence-electron chi connectivity index (χ1n) is 8.04. The predicted molar refractivity (Wildman–Crippen MR) is 96.8 cm³/mol. The summed E-state index contributed by atoms with van der Waals surface area (Å²) in [5.74, 6) is 1.06. The maximum Gasteiger partial charge on any atom is 0.250 e. The van der Waals surface area contributed by atoms with Gasteiger partial charge < -0.3 is 14.8 Å². The molecular weight excluding hydrogens is 340 g/mol. The third-order valence-corrected chi connectivity index (χ3v) is 3.85. The number of nitrogens with one attached hydrogen (secondary N) is 1. The van der Waals surface area contributed by atoms with Crippen LogP contribution in [0.2, 0.25) is 5.02 Å². The molecule has 0 atom stereocenters. The zero-order valence-corrected chi connectivity index (χ0v) is 14.8. The van der Waals surface area contributed by atoms with Crippen LogP contribution in [0, 0.1) is 0 Å². The van der Waals surface area contributed by atoms with Crippen LogP contribution < -0.4 is 14.8 Å². The molecule has 0 saturated heterocycles. The topological polar surface area (TPSA) is 60.5 Å². The number of aromatic nitrogens is 1. The summed E-state index contributed by atoms with van der Waals surface area (Å²) >= 11 is 6.00. The Kier molecular flexibility index (Phi) is 5.24. The molecule has 0 saturated carbocycles. The zero-order valence-electron chi connectivity index (χ0n) is 14.1. The highest BCUT2D eigenvalue weighted by Crippen LogP contribution is 2.29. The molecule has 1 aromatic heterocycles. The van der Waals surface area contributed by atoms with Gasteiger partial charge in [-0.3, -0.25) is 4.79 Å². The quantitative estimate of drug-likeness (QED) is 0.886. The van der Waals surface area contributed by atoms with Gasteiger partial charge in [0.25, 0.3) is 5.91 Å². The summed E-state index contributed by atoms with van der Waals surface area (Å²) in [4.78, 5) is 16.7. The van der Waals surface area contributed by atoms with Crippen molar-refractivity contribution >= 4 is 23.6 Å². The Labute approximate surface area is 151 Å². The standard InChI is InChI=1S/C19H19ClN2O3/c1-12(2)25-19-13(4-3-7-21-19)10-22-18(23)15-8-14-9-16(20)5-6-17(14)24-11-15/h3-9,12H,10-11H2,1-2H3,(H,22,23). The highest BCUT2D eigenvalue weighted by molar-refractivity contribution is 6.30. The molecule has 1 amide bonds. The Bertz CT molecular complexity index is 818. The van der Waals surface area contributed by atoms with E-state index in [2.05, 4.69) is 10.3 Å². The van der Waals surface area contributed by atoms with Crippen LogP contribution in [0.25, 0.3) is 6.08 Å². The van der Waals surface area contributed by atoms with E-state index in [0.717, 1.165) is 16.9 Å². The molecule has 6 heteroatoms. The molecule has 2 heterocycles. The first kappa shape index (κ1) is 17.3. The average molecular weight is 359 g/mol. The van der Waals surface area contributed by atoms with Gasteiger partial charge >= 0.3 is 0 Å². The molecule has 0 aliphatic carbocycles. The molecule has 0 spiro atoms. The van der Waals surface area contributed by atoms with Crippen molar-refractivity contribution in [2.45, 2.75) is 26.5 Å². The van der Waals surface area contributed by atoms with E-state index in [1.807, 2.05) is 26.0 Å². The van der Waals surface area contributed by atoms with Gasteiger partial charge in [-0.15, -0.1) is 0 Å².